The van der Waals surface area contributed by atoms with Crippen molar-refractivity contribution in [3.05, 3.63) is 34.9 Å². The first-order valence-electron chi connectivity index (χ1n) is 8.64. The van der Waals surface area contributed by atoms with E-state index in [-0.39, 0.29) is 18.9 Å². The van der Waals surface area contributed by atoms with Crippen LogP contribution in [0.1, 0.15) is 72.6 Å². The largest absolute Gasteiger partial charge is 0.481 e. The number of aliphatic hydroxyl groups excluding tert-OH is 1. The Hall–Kier alpha value is -1.35. The predicted octanol–water partition coefficient (Wildman–Crippen LogP) is 5.27. The van der Waals surface area contributed by atoms with Gasteiger partial charge in [0.05, 0.1) is 6.61 Å². The van der Waals surface area contributed by atoms with Crippen molar-refractivity contribution in [2.45, 2.75) is 72.6 Å². The van der Waals surface area contributed by atoms with E-state index in [1.165, 1.54) is 11.1 Å². The van der Waals surface area contributed by atoms with E-state index in [2.05, 4.69) is 39.0 Å². The van der Waals surface area contributed by atoms with Crippen LogP contribution in [0, 0.1) is 5.92 Å². The zero-order valence-corrected chi connectivity index (χ0v) is 15.3. The molecule has 0 heterocycles. The van der Waals surface area contributed by atoms with Gasteiger partial charge in [0.2, 0.25) is 0 Å². The standard InChI is InChI=1S/C20H34O3/c1-16(2)8-5-9-17(3)10-6-12-19(15-21)13-7-11-18(4)14-20(22)23/h8,10,13,18,21H,5-7,9,11-12,14-15H2,1-4H3,(H,22,23). The van der Waals surface area contributed by atoms with Crippen LogP contribution in [0.15, 0.2) is 34.9 Å². The van der Waals surface area contributed by atoms with Crippen LogP contribution in [-0.4, -0.2) is 22.8 Å². The normalized spacial score (nSPS) is 13.8. The van der Waals surface area contributed by atoms with Crippen molar-refractivity contribution < 1.29 is 15.0 Å². The molecule has 0 spiro atoms. The molecule has 23 heavy (non-hydrogen) atoms. The average molecular weight is 322 g/mol. The fourth-order valence-electron chi connectivity index (χ4n) is 2.41. The van der Waals surface area contributed by atoms with E-state index in [0.29, 0.717) is 0 Å². The minimum Gasteiger partial charge on any atom is -0.481 e. The zero-order valence-electron chi connectivity index (χ0n) is 15.3. The minimum absolute atomic E-state index is 0.0952. The third-order valence-electron chi connectivity index (χ3n) is 3.87. The molecule has 0 aromatic carbocycles. The lowest BCUT2D eigenvalue weighted by Crippen LogP contribution is -2.03. The Balaban J connectivity index is 4.10. The Morgan fingerprint density at radius 3 is 2.22 bits per heavy atom. The van der Waals surface area contributed by atoms with Crippen molar-refractivity contribution in [3.63, 3.8) is 0 Å². The van der Waals surface area contributed by atoms with Crippen LogP contribution >= 0.6 is 0 Å². The Bertz CT molecular complexity index is 426. The van der Waals surface area contributed by atoms with Gasteiger partial charge in [-0.25, -0.2) is 0 Å². The van der Waals surface area contributed by atoms with Gasteiger partial charge in [0.1, 0.15) is 0 Å². The third kappa shape index (κ3) is 14.0. The quantitative estimate of drug-likeness (QED) is 0.481. The molecule has 1 unspecified atom stereocenters. The summed E-state index contributed by atoms with van der Waals surface area (Å²) in [6, 6.07) is 0. The number of hydrogen-bond donors (Lipinski definition) is 2. The van der Waals surface area contributed by atoms with E-state index in [4.69, 9.17) is 5.11 Å². The third-order valence-corrected chi connectivity index (χ3v) is 3.87. The van der Waals surface area contributed by atoms with Gasteiger partial charge < -0.3 is 10.2 Å². The Morgan fingerprint density at radius 1 is 1.00 bits per heavy atom. The number of rotatable bonds is 12. The number of aliphatic carboxylic acids is 1. The number of allylic oxidation sites excluding steroid dienone is 5. The van der Waals surface area contributed by atoms with E-state index in [9.17, 15) is 9.90 Å². The summed E-state index contributed by atoms with van der Waals surface area (Å²) in [5.74, 6) is -0.557. The maximum Gasteiger partial charge on any atom is 0.303 e. The van der Waals surface area contributed by atoms with Gasteiger partial charge in [-0.15, -0.1) is 0 Å². The van der Waals surface area contributed by atoms with Gasteiger partial charge in [-0.05, 0) is 70.8 Å². The molecule has 3 nitrogen and oxygen atoms in total. The lowest BCUT2D eigenvalue weighted by atomic mass is 10.00. The lowest BCUT2D eigenvalue weighted by molar-refractivity contribution is -0.138. The van der Waals surface area contributed by atoms with Gasteiger partial charge in [-0.1, -0.05) is 36.3 Å². The van der Waals surface area contributed by atoms with Gasteiger partial charge in [0.15, 0.2) is 0 Å². The van der Waals surface area contributed by atoms with Crippen molar-refractivity contribution in [2.75, 3.05) is 6.61 Å². The molecule has 0 amide bonds. The van der Waals surface area contributed by atoms with Crippen LogP contribution in [0.5, 0.6) is 0 Å². The molecule has 0 saturated carbocycles. The monoisotopic (exact) mass is 322 g/mol. The van der Waals surface area contributed by atoms with Gasteiger partial charge >= 0.3 is 5.97 Å². The molecule has 1 atom stereocenters. The molecule has 0 aliphatic heterocycles. The number of carboxylic acid groups (broad SMARTS) is 1. The van der Waals surface area contributed by atoms with E-state index in [0.717, 1.165) is 44.1 Å². The molecule has 3 heteroatoms. The SMILES string of the molecule is CC(C)=CCCC(C)=CCCC(=CCCC(C)CC(=O)O)CO. The van der Waals surface area contributed by atoms with Gasteiger partial charge in [0, 0.05) is 6.42 Å². The summed E-state index contributed by atoms with van der Waals surface area (Å²) in [4.78, 5) is 10.6. The van der Waals surface area contributed by atoms with Crippen molar-refractivity contribution in [1.82, 2.24) is 0 Å². The summed E-state index contributed by atoms with van der Waals surface area (Å²) < 4.78 is 0. The number of carboxylic acids is 1. The van der Waals surface area contributed by atoms with Gasteiger partial charge in [-0.2, -0.15) is 0 Å². The highest BCUT2D eigenvalue weighted by molar-refractivity contribution is 5.66. The number of carbonyl (C=O) groups is 1. The van der Waals surface area contributed by atoms with Crippen LogP contribution in [-0.2, 0) is 4.79 Å². The van der Waals surface area contributed by atoms with Crippen LogP contribution in [0.25, 0.3) is 0 Å². The molecule has 2 N–H and O–H groups in total. The summed E-state index contributed by atoms with van der Waals surface area (Å²) in [5.41, 5.74) is 3.82. The van der Waals surface area contributed by atoms with Crippen molar-refractivity contribution in [2.24, 2.45) is 5.92 Å². The summed E-state index contributed by atoms with van der Waals surface area (Å²) >= 11 is 0. The lowest BCUT2D eigenvalue weighted by Gasteiger charge is -2.07. The Kier molecular flexibility index (Phi) is 12.4. The van der Waals surface area contributed by atoms with Crippen LogP contribution < -0.4 is 0 Å². The molecule has 0 aromatic heterocycles. The minimum atomic E-state index is -0.738. The Morgan fingerprint density at radius 2 is 1.65 bits per heavy atom. The van der Waals surface area contributed by atoms with Crippen molar-refractivity contribution >= 4 is 5.97 Å². The van der Waals surface area contributed by atoms with Gasteiger partial charge in [0.25, 0.3) is 0 Å². The number of aliphatic hydroxyl groups is 1. The first-order chi connectivity index (χ1) is 10.8. The fourth-order valence-corrected chi connectivity index (χ4v) is 2.41. The highest BCUT2D eigenvalue weighted by atomic mass is 16.4. The maximum absolute atomic E-state index is 10.6. The predicted molar refractivity (Wildman–Crippen MR) is 97.5 cm³/mol. The van der Waals surface area contributed by atoms with E-state index in [1.54, 1.807) is 0 Å². The summed E-state index contributed by atoms with van der Waals surface area (Å²) in [6.07, 6.45) is 12.5. The maximum atomic E-state index is 10.6. The first kappa shape index (κ1) is 21.6. The second-order valence-corrected chi connectivity index (χ2v) is 6.71. The fraction of sp³-hybridized carbons (Fsp3) is 0.650. The summed E-state index contributed by atoms with van der Waals surface area (Å²) in [6.45, 7) is 8.45. The molecular formula is C20H34O3. The smallest absolute Gasteiger partial charge is 0.303 e. The highest BCUT2D eigenvalue weighted by Gasteiger charge is 2.06. The molecule has 0 fully saturated rings. The second kappa shape index (κ2) is 13.1. The molecule has 0 aliphatic rings. The van der Waals surface area contributed by atoms with Crippen molar-refractivity contribution in [1.29, 1.82) is 0 Å². The van der Waals surface area contributed by atoms with Crippen LogP contribution in [0.2, 0.25) is 0 Å². The molecule has 0 rings (SSSR count). The van der Waals surface area contributed by atoms with Crippen molar-refractivity contribution in [3.8, 4) is 0 Å². The van der Waals surface area contributed by atoms with E-state index in [1.807, 2.05) is 6.92 Å². The van der Waals surface area contributed by atoms with E-state index < -0.39 is 5.97 Å². The van der Waals surface area contributed by atoms with E-state index >= 15 is 0 Å². The molecular weight excluding hydrogens is 288 g/mol. The summed E-state index contributed by atoms with van der Waals surface area (Å²) in [5, 5.41) is 18.1. The molecule has 0 aliphatic carbocycles. The summed E-state index contributed by atoms with van der Waals surface area (Å²) in [7, 11) is 0. The topological polar surface area (TPSA) is 57.5 Å². The second-order valence-electron chi connectivity index (χ2n) is 6.71. The highest BCUT2D eigenvalue weighted by Crippen LogP contribution is 2.15. The zero-order chi connectivity index (χ0) is 17.7. The van der Waals surface area contributed by atoms with Crippen LogP contribution in [0.4, 0.5) is 0 Å². The molecule has 132 valence electrons. The average Bonchev–Trinajstić information content (AvgIpc) is 2.44. The molecule has 0 saturated heterocycles. The molecule has 0 bridgehead atoms. The van der Waals surface area contributed by atoms with Gasteiger partial charge in [-0.3, -0.25) is 4.79 Å². The number of hydrogen-bond acceptors (Lipinski definition) is 2. The van der Waals surface area contributed by atoms with Crippen LogP contribution in [0.3, 0.4) is 0 Å². The Labute approximate surface area is 141 Å². The molecule has 0 aromatic rings. The first-order valence-corrected chi connectivity index (χ1v) is 8.64. The molecule has 0 radical (unpaired) electrons.